The van der Waals surface area contributed by atoms with Crippen molar-refractivity contribution in [1.29, 1.82) is 0 Å². The van der Waals surface area contributed by atoms with Gasteiger partial charge >= 0.3 is 6.03 Å². The number of rotatable bonds is 11. The second-order valence-electron chi connectivity index (χ2n) is 9.81. The second-order valence-corrected chi connectivity index (χ2v) is 11.4. The van der Waals surface area contributed by atoms with E-state index >= 15 is 0 Å². The number of nitrogens with one attached hydrogen (secondary N) is 1. The normalized spacial score (nSPS) is 13.8. The van der Waals surface area contributed by atoms with Crippen molar-refractivity contribution in [3.63, 3.8) is 0 Å². The first-order valence-corrected chi connectivity index (χ1v) is 15.3. The van der Waals surface area contributed by atoms with Gasteiger partial charge in [-0.05, 0) is 101 Å². The first-order valence-electron chi connectivity index (χ1n) is 13.8. The van der Waals surface area contributed by atoms with Crippen molar-refractivity contribution in [2.24, 2.45) is 0 Å². The van der Waals surface area contributed by atoms with Crippen molar-refractivity contribution in [2.45, 2.75) is 20.1 Å². The standard InChI is InChI=1S/C33H25ClIN3O8/c1-2-44-29-17-21(16-28(35)30(29)46-18-20-7-9-24(10-8-20)38(42)43)15-26-31(39)36-33(41)37(32(26)40)23-11-13-25(14-12-23)45-19-22-5-3-4-6-27(22)34/h3-17H,2,18-19H2,1H3,(H,36,39,41)/b26-15+. The Bertz CT molecular complexity index is 1850. The number of non-ortho nitro benzene ring substituents is 1. The number of hydrogen-bond donors (Lipinski definition) is 1. The van der Waals surface area contributed by atoms with Crippen LogP contribution in [-0.4, -0.2) is 29.4 Å². The number of hydrogen-bond acceptors (Lipinski definition) is 8. The second kappa shape index (κ2) is 14.4. The maximum Gasteiger partial charge on any atom is 0.335 e. The molecule has 234 valence electrons. The monoisotopic (exact) mass is 753 g/mol. The lowest BCUT2D eigenvalue weighted by Gasteiger charge is -2.26. The minimum absolute atomic E-state index is 0.0251. The van der Waals surface area contributed by atoms with E-state index in [1.54, 1.807) is 61.5 Å². The van der Waals surface area contributed by atoms with Gasteiger partial charge in [0, 0.05) is 22.7 Å². The molecule has 0 atom stereocenters. The number of ether oxygens (including phenoxy) is 3. The van der Waals surface area contributed by atoms with Crippen molar-refractivity contribution < 1.29 is 33.5 Å². The number of halogens is 2. The fourth-order valence-corrected chi connectivity index (χ4v) is 5.44. The summed E-state index contributed by atoms with van der Waals surface area (Å²) in [6.45, 7) is 2.46. The van der Waals surface area contributed by atoms with Crippen molar-refractivity contribution in [3.05, 3.63) is 126 Å². The van der Waals surface area contributed by atoms with E-state index < -0.39 is 22.8 Å². The number of amides is 4. The zero-order valence-electron chi connectivity index (χ0n) is 24.2. The van der Waals surface area contributed by atoms with E-state index in [2.05, 4.69) is 27.9 Å². The molecule has 5 rings (SSSR count). The molecule has 0 aromatic heterocycles. The molecule has 0 bridgehead atoms. The van der Waals surface area contributed by atoms with Crippen LogP contribution in [0.1, 0.15) is 23.6 Å². The molecule has 0 radical (unpaired) electrons. The number of carbonyl (C=O) groups is 3. The number of nitro benzene ring substituents is 1. The van der Waals surface area contributed by atoms with E-state index in [4.69, 9.17) is 25.8 Å². The van der Waals surface area contributed by atoms with Crippen molar-refractivity contribution in [1.82, 2.24) is 5.32 Å². The average molecular weight is 754 g/mol. The quantitative estimate of drug-likeness (QED) is 0.0565. The predicted octanol–water partition coefficient (Wildman–Crippen LogP) is 7.08. The summed E-state index contributed by atoms with van der Waals surface area (Å²) in [7, 11) is 0. The minimum atomic E-state index is -0.878. The van der Waals surface area contributed by atoms with Crippen LogP contribution in [0.2, 0.25) is 5.02 Å². The first kappa shape index (κ1) is 32.4. The molecule has 0 spiro atoms. The topological polar surface area (TPSA) is 137 Å². The largest absolute Gasteiger partial charge is 0.490 e. The number of nitro groups is 1. The number of benzene rings is 4. The molecule has 1 saturated heterocycles. The highest BCUT2D eigenvalue weighted by molar-refractivity contribution is 14.1. The van der Waals surface area contributed by atoms with Gasteiger partial charge < -0.3 is 14.2 Å². The van der Waals surface area contributed by atoms with Gasteiger partial charge in [0.25, 0.3) is 17.5 Å². The maximum atomic E-state index is 13.5. The van der Waals surface area contributed by atoms with Crippen LogP contribution in [-0.2, 0) is 22.8 Å². The third-order valence-electron chi connectivity index (χ3n) is 6.72. The zero-order valence-corrected chi connectivity index (χ0v) is 27.1. The summed E-state index contributed by atoms with van der Waals surface area (Å²) < 4.78 is 18.2. The molecule has 11 nitrogen and oxygen atoms in total. The average Bonchev–Trinajstić information content (AvgIpc) is 3.03. The number of anilines is 1. The summed E-state index contributed by atoms with van der Waals surface area (Å²) in [4.78, 5) is 50.4. The van der Waals surface area contributed by atoms with Crippen molar-refractivity contribution in [2.75, 3.05) is 11.5 Å². The molecule has 4 aromatic rings. The Morgan fingerprint density at radius 2 is 1.65 bits per heavy atom. The molecule has 1 aliphatic heterocycles. The third-order valence-corrected chi connectivity index (χ3v) is 7.89. The van der Waals surface area contributed by atoms with Gasteiger partial charge in [-0.3, -0.25) is 25.0 Å². The van der Waals surface area contributed by atoms with E-state index in [1.165, 1.54) is 18.2 Å². The Labute approximate surface area is 282 Å². The Kier molecular flexibility index (Phi) is 10.2. The summed E-state index contributed by atoms with van der Waals surface area (Å²) in [5.41, 5.74) is 1.94. The SMILES string of the molecule is CCOc1cc(/C=C2\C(=O)NC(=O)N(c3ccc(OCc4ccccc4Cl)cc3)C2=O)cc(I)c1OCc1ccc([N+](=O)[O-])cc1. The van der Waals surface area contributed by atoms with Crippen LogP contribution in [0.25, 0.3) is 6.08 Å². The Morgan fingerprint density at radius 3 is 2.33 bits per heavy atom. The molecular formula is C33H25ClIN3O8. The van der Waals surface area contributed by atoms with Crippen molar-refractivity contribution >= 4 is 69.5 Å². The van der Waals surface area contributed by atoms with E-state index in [9.17, 15) is 24.5 Å². The third kappa shape index (κ3) is 7.46. The smallest absolute Gasteiger partial charge is 0.335 e. The number of barbiturate groups is 1. The van der Waals surface area contributed by atoms with Crippen molar-refractivity contribution in [3.8, 4) is 17.2 Å². The van der Waals surface area contributed by atoms with Gasteiger partial charge in [0.1, 0.15) is 24.5 Å². The minimum Gasteiger partial charge on any atom is -0.490 e. The molecule has 4 amide bonds. The summed E-state index contributed by atoms with van der Waals surface area (Å²) in [6, 6.07) is 22.0. The molecule has 0 saturated carbocycles. The van der Waals surface area contributed by atoms with Crippen LogP contribution in [0.3, 0.4) is 0 Å². The molecule has 13 heteroatoms. The zero-order chi connectivity index (χ0) is 32.8. The van der Waals surface area contributed by atoms with Gasteiger partial charge in [-0.2, -0.15) is 0 Å². The summed E-state index contributed by atoms with van der Waals surface area (Å²) in [5.74, 6) is -0.347. The molecule has 1 aliphatic rings. The predicted molar refractivity (Wildman–Crippen MR) is 179 cm³/mol. The molecule has 1 fully saturated rings. The van der Waals surface area contributed by atoms with Gasteiger partial charge in [0.05, 0.1) is 20.8 Å². The van der Waals surface area contributed by atoms with Crippen LogP contribution < -0.4 is 24.4 Å². The Balaban J connectivity index is 1.34. The van der Waals surface area contributed by atoms with Crippen LogP contribution in [0.5, 0.6) is 17.2 Å². The number of urea groups is 1. The first-order chi connectivity index (χ1) is 22.1. The van der Waals surface area contributed by atoms with E-state index in [0.717, 1.165) is 10.5 Å². The highest BCUT2D eigenvalue weighted by Gasteiger charge is 2.37. The Hall–Kier alpha value is -4.95. The molecule has 0 aliphatic carbocycles. The fourth-order valence-electron chi connectivity index (χ4n) is 4.47. The summed E-state index contributed by atoms with van der Waals surface area (Å²) in [5, 5.41) is 13.7. The van der Waals surface area contributed by atoms with Crippen LogP contribution in [0, 0.1) is 13.7 Å². The summed E-state index contributed by atoms with van der Waals surface area (Å²) >= 11 is 8.24. The highest BCUT2D eigenvalue weighted by Crippen LogP contribution is 2.36. The maximum absolute atomic E-state index is 13.5. The lowest BCUT2D eigenvalue weighted by atomic mass is 10.1. The van der Waals surface area contributed by atoms with Gasteiger partial charge in [-0.15, -0.1) is 0 Å². The van der Waals surface area contributed by atoms with Gasteiger partial charge in [0.2, 0.25) is 0 Å². The van der Waals surface area contributed by atoms with E-state index in [0.29, 0.717) is 43.6 Å². The molecule has 46 heavy (non-hydrogen) atoms. The summed E-state index contributed by atoms with van der Waals surface area (Å²) in [6.07, 6.45) is 1.38. The van der Waals surface area contributed by atoms with E-state index in [-0.39, 0.29) is 30.2 Å². The number of nitrogens with zero attached hydrogens (tertiary/aromatic N) is 2. The molecule has 4 aromatic carbocycles. The van der Waals surface area contributed by atoms with Gasteiger partial charge in [-0.25, -0.2) is 9.69 Å². The van der Waals surface area contributed by atoms with E-state index in [1.807, 2.05) is 18.2 Å². The molecule has 1 N–H and O–H groups in total. The van der Waals surface area contributed by atoms with Crippen LogP contribution in [0.15, 0.2) is 90.5 Å². The number of imide groups is 2. The molecular weight excluding hydrogens is 729 g/mol. The highest BCUT2D eigenvalue weighted by atomic mass is 127. The van der Waals surface area contributed by atoms with Crippen LogP contribution >= 0.6 is 34.2 Å². The van der Waals surface area contributed by atoms with Crippen LogP contribution in [0.4, 0.5) is 16.2 Å². The number of carbonyl (C=O) groups excluding carboxylic acids is 3. The lowest BCUT2D eigenvalue weighted by Crippen LogP contribution is -2.54. The molecule has 1 heterocycles. The lowest BCUT2D eigenvalue weighted by molar-refractivity contribution is -0.384. The van der Waals surface area contributed by atoms with Gasteiger partial charge in [-0.1, -0.05) is 29.8 Å². The van der Waals surface area contributed by atoms with Gasteiger partial charge in [0.15, 0.2) is 11.5 Å². The fraction of sp³-hybridized carbons (Fsp3) is 0.121. The Morgan fingerprint density at radius 1 is 0.935 bits per heavy atom. The molecule has 0 unspecified atom stereocenters.